The Bertz CT molecular complexity index is 1190. The van der Waals surface area contributed by atoms with E-state index in [1.165, 1.54) is 18.2 Å². The lowest BCUT2D eigenvalue weighted by Crippen LogP contribution is -2.35. The Hall–Kier alpha value is -3.24. The molecule has 9 nitrogen and oxygen atoms in total. The molecule has 0 radical (unpaired) electrons. The Morgan fingerprint density at radius 1 is 1.19 bits per heavy atom. The maximum Gasteiger partial charge on any atom is 0.335 e. The maximum atomic E-state index is 12.1. The van der Waals surface area contributed by atoms with Gasteiger partial charge in [-0.1, -0.05) is 30.3 Å². The van der Waals surface area contributed by atoms with E-state index in [0.717, 1.165) is 16.1 Å². The molecule has 1 heterocycles. The first kappa shape index (κ1) is 22.4. The van der Waals surface area contributed by atoms with Crippen LogP contribution >= 0.6 is 0 Å². The van der Waals surface area contributed by atoms with Gasteiger partial charge < -0.3 is 15.3 Å². The molecule has 31 heavy (non-hydrogen) atoms. The highest BCUT2D eigenvalue weighted by molar-refractivity contribution is 7.92. The molecule has 10 heteroatoms. The van der Waals surface area contributed by atoms with Crippen LogP contribution in [0, 0.1) is 0 Å². The van der Waals surface area contributed by atoms with E-state index in [9.17, 15) is 18.3 Å². The summed E-state index contributed by atoms with van der Waals surface area (Å²) in [5.74, 6) is -0.974. The predicted octanol–water partition coefficient (Wildman–Crippen LogP) is 2.64. The van der Waals surface area contributed by atoms with Gasteiger partial charge in [0.05, 0.1) is 23.0 Å². The van der Waals surface area contributed by atoms with Crippen LogP contribution in [0.15, 0.2) is 52.9 Å². The largest absolute Gasteiger partial charge is 0.478 e. The van der Waals surface area contributed by atoms with Gasteiger partial charge >= 0.3 is 5.97 Å². The molecule has 0 saturated heterocycles. The fraction of sp³-hybridized carbons (Fsp3) is 0.286. The van der Waals surface area contributed by atoms with Gasteiger partial charge in [-0.3, -0.25) is 4.31 Å². The molecule has 3 N–H and O–H groups in total. The van der Waals surface area contributed by atoms with Crippen molar-refractivity contribution in [2.24, 2.45) is 5.73 Å². The number of aromatic nitrogens is 2. The van der Waals surface area contributed by atoms with Gasteiger partial charge in [0.2, 0.25) is 21.8 Å². The minimum Gasteiger partial charge on any atom is -0.478 e. The summed E-state index contributed by atoms with van der Waals surface area (Å²) in [6, 6.07) is 13.7. The number of aromatic carboxylic acids is 1. The Kier molecular flexibility index (Phi) is 6.14. The number of sulfonamides is 1. The van der Waals surface area contributed by atoms with E-state index < -0.39 is 21.5 Å². The number of hydrogen-bond acceptors (Lipinski definition) is 7. The van der Waals surface area contributed by atoms with Gasteiger partial charge in [-0.05, 0) is 44.0 Å². The van der Waals surface area contributed by atoms with E-state index >= 15 is 0 Å². The molecule has 0 aliphatic rings. The molecule has 0 amide bonds. The van der Waals surface area contributed by atoms with Gasteiger partial charge in [-0.15, -0.1) is 10.2 Å². The van der Waals surface area contributed by atoms with Crippen molar-refractivity contribution in [3.05, 3.63) is 65.5 Å². The minimum absolute atomic E-state index is 0.0497. The first-order valence-electron chi connectivity index (χ1n) is 9.54. The van der Waals surface area contributed by atoms with Crippen molar-refractivity contribution in [2.45, 2.75) is 25.8 Å². The highest BCUT2D eigenvalue weighted by atomic mass is 32.2. The maximum absolute atomic E-state index is 12.1. The van der Waals surface area contributed by atoms with Gasteiger partial charge in [-0.25, -0.2) is 13.2 Å². The molecule has 0 fully saturated rings. The first-order chi connectivity index (χ1) is 14.5. The van der Waals surface area contributed by atoms with Crippen molar-refractivity contribution in [3.63, 3.8) is 0 Å². The van der Waals surface area contributed by atoms with E-state index in [1.54, 1.807) is 13.8 Å². The second-order valence-corrected chi connectivity index (χ2v) is 9.40. The number of rotatable bonds is 8. The average Bonchev–Trinajstić information content (AvgIpc) is 3.19. The van der Waals surface area contributed by atoms with E-state index in [1.807, 2.05) is 30.3 Å². The number of nitrogens with two attached hydrogens (primary N) is 1. The quantitative estimate of drug-likeness (QED) is 0.540. The summed E-state index contributed by atoms with van der Waals surface area (Å²) in [6.07, 6.45) is 1.51. The molecule has 1 aromatic heterocycles. The second-order valence-electron chi connectivity index (χ2n) is 7.49. The summed E-state index contributed by atoms with van der Waals surface area (Å²) in [6.45, 7) is 3.55. The Morgan fingerprint density at radius 3 is 2.45 bits per heavy atom. The van der Waals surface area contributed by atoms with Crippen LogP contribution in [0.2, 0.25) is 0 Å². The smallest absolute Gasteiger partial charge is 0.335 e. The van der Waals surface area contributed by atoms with Crippen LogP contribution in [0.4, 0.5) is 5.69 Å². The summed E-state index contributed by atoms with van der Waals surface area (Å²) in [4.78, 5) is 11.6. The van der Waals surface area contributed by atoms with Crippen LogP contribution in [-0.2, 0) is 22.0 Å². The summed E-state index contributed by atoms with van der Waals surface area (Å²) in [5.41, 5.74) is 6.83. The van der Waals surface area contributed by atoms with Gasteiger partial charge in [0.1, 0.15) is 0 Å². The average molecular weight is 445 g/mol. The molecule has 0 aliphatic carbocycles. The number of benzene rings is 2. The lowest BCUT2D eigenvalue weighted by molar-refractivity contribution is 0.0697. The number of carbonyl (C=O) groups is 1. The number of hydrogen-bond donors (Lipinski definition) is 2. The van der Waals surface area contributed by atoms with Crippen molar-refractivity contribution in [1.82, 2.24) is 10.2 Å². The molecule has 3 rings (SSSR count). The topological polar surface area (TPSA) is 140 Å². The summed E-state index contributed by atoms with van der Waals surface area (Å²) in [5, 5.41) is 17.6. The number of carboxylic acids is 1. The van der Waals surface area contributed by atoms with Crippen LogP contribution in [0.1, 0.15) is 35.7 Å². The molecule has 164 valence electrons. The minimum atomic E-state index is -3.61. The Balaban J connectivity index is 2.01. The molecule has 0 aliphatic heterocycles. The third-order valence-corrected chi connectivity index (χ3v) is 5.98. The van der Waals surface area contributed by atoms with Crippen molar-refractivity contribution >= 4 is 21.7 Å². The SMILES string of the molecule is CCN(c1cc(C(=O)O)cc(-c2nnc([C@](C)(N)Cc3ccccc3)o2)c1)S(C)(=O)=O. The van der Waals surface area contributed by atoms with Gasteiger partial charge in [0.15, 0.2) is 0 Å². The van der Waals surface area contributed by atoms with E-state index in [-0.39, 0.29) is 35.1 Å². The molecule has 0 bridgehead atoms. The van der Waals surface area contributed by atoms with Gasteiger partial charge in [0, 0.05) is 12.1 Å². The van der Waals surface area contributed by atoms with Gasteiger partial charge in [-0.2, -0.15) is 0 Å². The lowest BCUT2D eigenvalue weighted by Gasteiger charge is -2.21. The summed E-state index contributed by atoms with van der Waals surface area (Å²) < 4.78 is 31.1. The molecule has 3 aromatic rings. The fourth-order valence-corrected chi connectivity index (χ4v) is 4.23. The first-order valence-corrected chi connectivity index (χ1v) is 11.4. The second kappa shape index (κ2) is 8.48. The molecule has 0 unspecified atom stereocenters. The van der Waals surface area contributed by atoms with Crippen LogP contribution in [-0.4, -0.2) is 42.5 Å². The van der Waals surface area contributed by atoms with Crippen molar-refractivity contribution < 1.29 is 22.7 Å². The molecule has 2 aromatic carbocycles. The summed E-state index contributed by atoms with van der Waals surface area (Å²) >= 11 is 0. The van der Waals surface area contributed by atoms with Crippen LogP contribution in [0.3, 0.4) is 0 Å². The third kappa shape index (κ3) is 5.09. The monoisotopic (exact) mass is 444 g/mol. The van der Waals surface area contributed by atoms with Gasteiger partial charge in [0.25, 0.3) is 0 Å². The zero-order valence-corrected chi connectivity index (χ0v) is 18.3. The standard InChI is InChI=1S/C21H24N4O5S/c1-4-25(31(3,28)29)17-11-15(10-16(12-17)19(26)27)18-23-24-20(30-18)21(2,22)13-14-8-6-5-7-9-14/h5-12H,4,13,22H2,1-3H3,(H,26,27)/t21-/m1/s1. The summed E-state index contributed by atoms with van der Waals surface area (Å²) in [7, 11) is -3.61. The normalized spacial score (nSPS) is 13.5. The molecule has 1 atom stereocenters. The zero-order valence-electron chi connectivity index (χ0n) is 17.4. The molecule has 0 saturated carbocycles. The molecule has 0 spiro atoms. The van der Waals surface area contributed by atoms with E-state index in [0.29, 0.717) is 6.42 Å². The Labute approximate surface area is 180 Å². The number of anilines is 1. The van der Waals surface area contributed by atoms with E-state index in [2.05, 4.69) is 10.2 Å². The third-order valence-electron chi connectivity index (χ3n) is 4.71. The molecular formula is C21H24N4O5S. The van der Waals surface area contributed by atoms with E-state index in [4.69, 9.17) is 10.2 Å². The van der Waals surface area contributed by atoms with Crippen LogP contribution in [0.25, 0.3) is 11.5 Å². The number of carboxylic acid groups (broad SMARTS) is 1. The lowest BCUT2D eigenvalue weighted by atomic mass is 9.94. The van der Waals surface area contributed by atoms with Crippen molar-refractivity contribution in [3.8, 4) is 11.5 Å². The van der Waals surface area contributed by atoms with Crippen molar-refractivity contribution in [2.75, 3.05) is 17.1 Å². The number of nitrogens with zero attached hydrogens (tertiary/aromatic N) is 3. The fourth-order valence-electron chi connectivity index (χ4n) is 3.28. The highest BCUT2D eigenvalue weighted by Gasteiger charge is 2.29. The molecular weight excluding hydrogens is 420 g/mol. The van der Waals surface area contributed by atoms with Crippen LogP contribution < -0.4 is 10.0 Å². The van der Waals surface area contributed by atoms with Crippen LogP contribution in [0.5, 0.6) is 0 Å². The Morgan fingerprint density at radius 2 is 1.87 bits per heavy atom. The zero-order chi connectivity index (χ0) is 22.8. The predicted molar refractivity (Wildman–Crippen MR) is 116 cm³/mol. The van der Waals surface area contributed by atoms with Crippen molar-refractivity contribution in [1.29, 1.82) is 0 Å². The highest BCUT2D eigenvalue weighted by Crippen LogP contribution is 2.30.